The molecule has 2 N–H and O–H groups in total. The lowest BCUT2D eigenvalue weighted by atomic mass is 10.0. The van der Waals surface area contributed by atoms with Gasteiger partial charge in [0, 0.05) is 52.9 Å². The predicted molar refractivity (Wildman–Crippen MR) is 141 cm³/mol. The van der Waals surface area contributed by atoms with Gasteiger partial charge in [-0.15, -0.1) is 11.3 Å². The first kappa shape index (κ1) is 21.7. The zero-order valence-electron chi connectivity index (χ0n) is 18.9. The molecule has 2 aromatic heterocycles. The second-order valence-electron chi connectivity index (χ2n) is 8.76. The largest absolute Gasteiger partial charge is 0.355 e. The number of carbonyl (C=O) groups is 1. The third kappa shape index (κ3) is 4.48. The molecule has 5 aromatic rings. The molecule has 1 aliphatic rings. The molecule has 7 heteroatoms. The number of piperazine rings is 1. The predicted octanol–water partition coefficient (Wildman–Crippen LogP) is 5.93. The van der Waals surface area contributed by atoms with E-state index in [9.17, 15) is 4.79 Å². The number of halogens is 1. The van der Waals surface area contributed by atoms with Gasteiger partial charge in [-0.25, -0.2) is 4.39 Å². The van der Waals surface area contributed by atoms with Crippen molar-refractivity contribution in [2.24, 2.45) is 0 Å². The number of amides is 1. The van der Waals surface area contributed by atoms with Gasteiger partial charge in [-0.3, -0.25) is 14.7 Å². The minimum Gasteiger partial charge on any atom is -0.355 e. The number of anilines is 2. The molecule has 0 saturated carbocycles. The van der Waals surface area contributed by atoms with Crippen molar-refractivity contribution in [1.29, 1.82) is 0 Å². The summed E-state index contributed by atoms with van der Waals surface area (Å²) in [6.45, 7) is 2.29. The number of aromatic nitrogens is 1. The maximum Gasteiger partial charge on any atom is 0.234 e. The normalized spacial score (nSPS) is 14.4. The second kappa shape index (κ2) is 9.09. The highest BCUT2D eigenvalue weighted by Crippen LogP contribution is 2.32. The topological polar surface area (TPSA) is 57.3 Å². The van der Waals surface area contributed by atoms with Crippen LogP contribution in [-0.2, 0) is 11.3 Å². The van der Waals surface area contributed by atoms with Crippen molar-refractivity contribution < 1.29 is 9.18 Å². The molecule has 174 valence electrons. The Balaban J connectivity index is 1.30. The first-order valence-electron chi connectivity index (χ1n) is 11.5. The number of fused-ring (bicyclic) bond motifs is 2. The van der Waals surface area contributed by atoms with Gasteiger partial charge in [0.15, 0.2) is 0 Å². The first-order chi connectivity index (χ1) is 17.1. The SMILES string of the molecule is O=C1CN(Cc2ccc(-c3ccc4nccc(Nc5ccc6sccc6c5)c4c3)c(F)c2)CCN1. The summed E-state index contributed by atoms with van der Waals surface area (Å²) in [4.78, 5) is 18.2. The minimum absolute atomic E-state index is 0.0118. The molecule has 0 aliphatic carbocycles. The summed E-state index contributed by atoms with van der Waals surface area (Å²) in [5, 5.41) is 10.5. The maximum atomic E-state index is 15.2. The average molecular weight is 483 g/mol. The molecule has 1 amide bonds. The summed E-state index contributed by atoms with van der Waals surface area (Å²) in [6.07, 6.45) is 1.78. The van der Waals surface area contributed by atoms with E-state index in [1.807, 2.05) is 41.3 Å². The molecular weight excluding hydrogens is 459 g/mol. The number of hydrogen-bond acceptors (Lipinski definition) is 5. The van der Waals surface area contributed by atoms with Crippen molar-refractivity contribution in [2.45, 2.75) is 6.54 Å². The van der Waals surface area contributed by atoms with Crippen molar-refractivity contribution >= 4 is 49.6 Å². The summed E-state index contributed by atoms with van der Waals surface area (Å²) in [6, 6.07) is 21.5. The molecule has 0 unspecified atom stereocenters. The van der Waals surface area contributed by atoms with Gasteiger partial charge in [-0.2, -0.15) is 0 Å². The van der Waals surface area contributed by atoms with Gasteiger partial charge >= 0.3 is 0 Å². The van der Waals surface area contributed by atoms with E-state index in [2.05, 4.69) is 45.3 Å². The van der Waals surface area contributed by atoms with E-state index in [0.29, 0.717) is 25.2 Å². The van der Waals surface area contributed by atoms with E-state index in [4.69, 9.17) is 0 Å². The van der Waals surface area contributed by atoms with Crippen LogP contribution in [0.2, 0.25) is 0 Å². The Hall–Kier alpha value is -3.81. The minimum atomic E-state index is -0.274. The Kier molecular flexibility index (Phi) is 5.64. The van der Waals surface area contributed by atoms with Crippen LogP contribution in [0.3, 0.4) is 0 Å². The van der Waals surface area contributed by atoms with Crippen molar-refractivity contribution in [3.63, 3.8) is 0 Å². The summed E-state index contributed by atoms with van der Waals surface area (Å²) < 4.78 is 16.5. The average Bonchev–Trinajstić information content (AvgIpc) is 3.32. The Morgan fingerprint density at radius 2 is 2.00 bits per heavy atom. The van der Waals surface area contributed by atoms with Gasteiger partial charge in [0.1, 0.15) is 5.82 Å². The van der Waals surface area contributed by atoms with Gasteiger partial charge in [-0.05, 0) is 70.4 Å². The van der Waals surface area contributed by atoms with Crippen LogP contribution >= 0.6 is 11.3 Å². The van der Waals surface area contributed by atoms with Gasteiger partial charge in [-0.1, -0.05) is 18.2 Å². The molecule has 3 aromatic carbocycles. The van der Waals surface area contributed by atoms with Crippen LogP contribution in [0, 0.1) is 5.82 Å². The number of hydrogen-bond donors (Lipinski definition) is 2. The fourth-order valence-electron chi connectivity index (χ4n) is 4.60. The standard InChI is InChI=1S/C28H23FN4OS/c29-24-13-18(16-33-11-10-31-28(34)17-33)1-4-22(24)19-2-5-25-23(15-19)26(7-9-30-25)32-21-3-6-27-20(14-21)8-12-35-27/h1-9,12-15H,10-11,16-17H2,(H,30,32)(H,31,34). The van der Waals surface area contributed by atoms with Crippen LogP contribution in [-0.4, -0.2) is 35.4 Å². The molecule has 5 nitrogen and oxygen atoms in total. The van der Waals surface area contributed by atoms with Crippen LogP contribution in [0.4, 0.5) is 15.8 Å². The molecule has 0 radical (unpaired) electrons. The summed E-state index contributed by atoms with van der Waals surface area (Å²) in [5.74, 6) is -0.262. The van der Waals surface area contributed by atoms with Crippen LogP contribution in [0.5, 0.6) is 0 Å². The smallest absolute Gasteiger partial charge is 0.234 e. The van der Waals surface area contributed by atoms with E-state index in [1.165, 1.54) is 10.1 Å². The lowest BCUT2D eigenvalue weighted by molar-refractivity contribution is -0.124. The molecule has 3 heterocycles. The van der Waals surface area contributed by atoms with E-state index in [-0.39, 0.29) is 11.7 Å². The Morgan fingerprint density at radius 3 is 2.89 bits per heavy atom. The Morgan fingerprint density at radius 1 is 1.06 bits per heavy atom. The zero-order chi connectivity index (χ0) is 23.8. The molecule has 0 spiro atoms. The summed E-state index contributed by atoms with van der Waals surface area (Å²) in [5.41, 5.74) is 4.96. The van der Waals surface area contributed by atoms with Crippen molar-refractivity contribution in [3.8, 4) is 11.1 Å². The monoisotopic (exact) mass is 482 g/mol. The molecule has 6 rings (SSSR count). The highest BCUT2D eigenvalue weighted by molar-refractivity contribution is 7.17. The van der Waals surface area contributed by atoms with Gasteiger partial charge in [0.25, 0.3) is 0 Å². The molecular formula is C28H23FN4OS. The highest BCUT2D eigenvalue weighted by atomic mass is 32.1. The van der Waals surface area contributed by atoms with Crippen LogP contribution in [0.15, 0.2) is 78.3 Å². The quantitative estimate of drug-likeness (QED) is 0.326. The van der Waals surface area contributed by atoms with Gasteiger partial charge < -0.3 is 10.6 Å². The summed E-state index contributed by atoms with van der Waals surface area (Å²) >= 11 is 1.72. The van der Waals surface area contributed by atoms with Crippen molar-refractivity contribution in [1.82, 2.24) is 15.2 Å². The van der Waals surface area contributed by atoms with Crippen LogP contribution in [0.1, 0.15) is 5.56 Å². The lowest BCUT2D eigenvalue weighted by Crippen LogP contribution is -2.47. The van der Waals surface area contributed by atoms with E-state index >= 15 is 4.39 Å². The summed E-state index contributed by atoms with van der Waals surface area (Å²) in [7, 11) is 0. The number of nitrogens with zero attached hydrogens (tertiary/aromatic N) is 2. The number of pyridine rings is 1. The number of carbonyl (C=O) groups excluding carboxylic acids is 1. The van der Waals surface area contributed by atoms with E-state index < -0.39 is 0 Å². The number of thiophene rings is 1. The van der Waals surface area contributed by atoms with E-state index in [0.717, 1.165) is 39.9 Å². The Labute approximate surface area is 206 Å². The van der Waals surface area contributed by atoms with Crippen molar-refractivity contribution in [3.05, 3.63) is 89.7 Å². The van der Waals surface area contributed by atoms with Gasteiger partial charge in [0.05, 0.1) is 12.1 Å². The van der Waals surface area contributed by atoms with Crippen LogP contribution < -0.4 is 10.6 Å². The zero-order valence-corrected chi connectivity index (χ0v) is 19.7. The second-order valence-corrected chi connectivity index (χ2v) is 9.71. The molecule has 1 aliphatic heterocycles. The third-order valence-electron chi connectivity index (χ3n) is 6.34. The fourth-order valence-corrected chi connectivity index (χ4v) is 5.37. The fraction of sp³-hybridized carbons (Fsp3) is 0.143. The number of nitrogens with one attached hydrogen (secondary N) is 2. The highest BCUT2D eigenvalue weighted by Gasteiger charge is 2.17. The van der Waals surface area contributed by atoms with Crippen molar-refractivity contribution in [2.75, 3.05) is 25.0 Å². The van der Waals surface area contributed by atoms with Crippen LogP contribution in [0.25, 0.3) is 32.1 Å². The van der Waals surface area contributed by atoms with E-state index in [1.54, 1.807) is 23.6 Å². The van der Waals surface area contributed by atoms with Gasteiger partial charge in [0.2, 0.25) is 5.91 Å². The molecule has 1 fully saturated rings. The number of benzene rings is 3. The molecule has 0 atom stereocenters. The number of rotatable bonds is 5. The molecule has 1 saturated heterocycles. The lowest BCUT2D eigenvalue weighted by Gasteiger charge is -2.26. The molecule has 0 bridgehead atoms. The Bertz CT molecular complexity index is 1560. The molecule has 35 heavy (non-hydrogen) atoms. The maximum absolute atomic E-state index is 15.2. The third-order valence-corrected chi connectivity index (χ3v) is 7.24. The first-order valence-corrected chi connectivity index (χ1v) is 12.4.